The zero-order valence-corrected chi connectivity index (χ0v) is 8.09. The Morgan fingerprint density at radius 3 is 1.25 bits per heavy atom. The molecule has 0 amide bonds. The first kappa shape index (κ1) is 18.5. The standard InChI is InChI=1S/C3HF8O3P.Li/c4-1(2(5,6)7,3(8,9)10)14-15(11,12)13;/h(H,12,13);/q;+1/p-1. The predicted octanol–water partition coefficient (Wildman–Crippen LogP) is -0.765. The van der Waals surface area contributed by atoms with Crippen molar-refractivity contribution in [1.29, 1.82) is 0 Å². The summed E-state index contributed by atoms with van der Waals surface area (Å²) in [5, 5.41) is 0. The molecule has 16 heavy (non-hydrogen) atoms. The van der Waals surface area contributed by atoms with Gasteiger partial charge in [0.05, 0.1) is 0 Å². The summed E-state index contributed by atoms with van der Waals surface area (Å²) in [7, 11) is -7.05. The van der Waals surface area contributed by atoms with Crippen LogP contribution in [0.2, 0.25) is 0 Å². The Morgan fingerprint density at radius 2 is 1.19 bits per heavy atom. The molecule has 1 unspecified atom stereocenters. The molecule has 0 aromatic carbocycles. The van der Waals surface area contributed by atoms with Gasteiger partial charge in [-0.25, -0.2) is 0 Å². The summed E-state index contributed by atoms with van der Waals surface area (Å²) in [6, 6.07) is 0. The van der Waals surface area contributed by atoms with Gasteiger partial charge in [0.2, 0.25) is 0 Å². The fourth-order valence-electron chi connectivity index (χ4n) is 0.414. The molecular weight excluding hydrogens is 274 g/mol. The minimum absolute atomic E-state index is 0. The van der Waals surface area contributed by atoms with E-state index in [9.17, 15) is 44.4 Å². The second kappa shape index (κ2) is 4.82. The molecule has 0 saturated carbocycles. The largest absolute Gasteiger partial charge is 1.00 e. The van der Waals surface area contributed by atoms with Crippen molar-refractivity contribution in [3.8, 4) is 0 Å². The summed E-state index contributed by atoms with van der Waals surface area (Å²) in [6.45, 7) is 0. The maximum atomic E-state index is 12.2. The summed E-state index contributed by atoms with van der Waals surface area (Å²) in [4.78, 5) is 9.44. The SMILES string of the molecule is O=P([O-])(F)OC(F)(C(F)(F)F)C(F)(F)F.[Li+]. The fraction of sp³-hybridized carbons (Fsp3) is 1.00. The Labute approximate surface area is 94.6 Å². The van der Waals surface area contributed by atoms with Crippen LogP contribution in [0.25, 0.3) is 0 Å². The quantitative estimate of drug-likeness (QED) is 0.377. The van der Waals surface area contributed by atoms with Gasteiger partial charge in [0.15, 0.2) is 0 Å². The molecule has 0 rings (SSSR count). The van der Waals surface area contributed by atoms with Crippen molar-refractivity contribution in [3.63, 3.8) is 0 Å². The number of alkyl halides is 7. The van der Waals surface area contributed by atoms with Gasteiger partial charge in [0, 0.05) is 0 Å². The summed E-state index contributed by atoms with van der Waals surface area (Å²) in [6.07, 6.45) is -13.6. The molecule has 0 bridgehead atoms. The zero-order chi connectivity index (χ0) is 12.7. The number of hydrogen-bond donors (Lipinski definition) is 0. The normalized spacial score (nSPS) is 17.6. The van der Waals surface area contributed by atoms with Gasteiger partial charge in [0.1, 0.15) is 0 Å². The zero-order valence-electron chi connectivity index (χ0n) is 7.20. The van der Waals surface area contributed by atoms with Gasteiger partial charge >= 0.3 is 45.0 Å². The van der Waals surface area contributed by atoms with Gasteiger partial charge in [0.25, 0.3) is 0 Å². The van der Waals surface area contributed by atoms with Crippen molar-refractivity contribution < 1.29 is 67.8 Å². The average Bonchev–Trinajstić information content (AvgIpc) is 1.77. The van der Waals surface area contributed by atoms with Crippen LogP contribution >= 0.6 is 7.91 Å². The smallest absolute Gasteiger partial charge is 0.753 e. The van der Waals surface area contributed by atoms with Crippen molar-refractivity contribution in [2.45, 2.75) is 18.2 Å². The number of rotatable bonds is 2. The molecule has 0 radical (unpaired) electrons. The summed E-state index contributed by atoms with van der Waals surface area (Å²) in [5.41, 5.74) is 0. The predicted molar refractivity (Wildman–Crippen MR) is 25.7 cm³/mol. The van der Waals surface area contributed by atoms with Gasteiger partial charge in [-0.1, -0.05) is 0 Å². The van der Waals surface area contributed by atoms with E-state index in [2.05, 4.69) is 0 Å². The molecule has 13 heteroatoms. The van der Waals surface area contributed by atoms with Gasteiger partial charge in [-0.05, 0) is 0 Å². The molecular formula is C3F8LiO3P. The Hall–Kier alpha value is 0.187. The van der Waals surface area contributed by atoms with E-state index in [1.54, 1.807) is 4.52 Å². The summed E-state index contributed by atoms with van der Waals surface area (Å²) >= 11 is 0. The molecule has 92 valence electrons. The van der Waals surface area contributed by atoms with E-state index in [1.807, 2.05) is 0 Å². The maximum absolute atomic E-state index is 12.2. The van der Waals surface area contributed by atoms with Gasteiger partial charge in [-0.2, -0.15) is 34.9 Å². The molecule has 0 spiro atoms. The fourth-order valence-corrected chi connectivity index (χ4v) is 0.922. The average molecular weight is 274 g/mol. The Kier molecular flexibility index (Phi) is 5.59. The molecule has 0 aromatic rings. The van der Waals surface area contributed by atoms with E-state index in [4.69, 9.17) is 0 Å². The van der Waals surface area contributed by atoms with E-state index < -0.39 is 26.1 Å². The van der Waals surface area contributed by atoms with Crippen molar-refractivity contribution in [1.82, 2.24) is 0 Å². The minimum Gasteiger partial charge on any atom is -0.753 e. The molecule has 0 saturated heterocycles. The van der Waals surface area contributed by atoms with Crippen LogP contribution in [0.15, 0.2) is 0 Å². The molecule has 0 aromatic heterocycles. The molecule has 0 aliphatic rings. The van der Waals surface area contributed by atoms with Crippen molar-refractivity contribution in [2.75, 3.05) is 0 Å². The molecule has 1 atom stereocenters. The van der Waals surface area contributed by atoms with Gasteiger partial charge in [-0.15, -0.1) is 0 Å². The summed E-state index contributed by atoms with van der Waals surface area (Å²) < 4.78 is 104. The second-order valence-corrected chi connectivity index (χ2v) is 3.16. The topological polar surface area (TPSA) is 49.4 Å². The van der Waals surface area contributed by atoms with Crippen LogP contribution in [0.5, 0.6) is 0 Å². The maximum Gasteiger partial charge on any atom is 1.00 e. The minimum atomic E-state index is -7.05. The van der Waals surface area contributed by atoms with Crippen LogP contribution in [0, 0.1) is 0 Å². The van der Waals surface area contributed by atoms with Crippen LogP contribution < -0.4 is 23.8 Å². The van der Waals surface area contributed by atoms with Gasteiger partial charge < -0.3 is 4.89 Å². The second-order valence-electron chi connectivity index (χ2n) is 2.11. The first-order chi connectivity index (χ1) is 6.21. The Balaban J connectivity index is 0. The molecule has 0 fully saturated rings. The third-order valence-electron chi connectivity index (χ3n) is 0.964. The number of hydrogen-bond acceptors (Lipinski definition) is 3. The molecule has 0 heterocycles. The van der Waals surface area contributed by atoms with E-state index in [0.717, 1.165) is 0 Å². The van der Waals surface area contributed by atoms with Gasteiger partial charge in [-0.3, -0.25) is 9.09 Å². The first-order valence-corrected chi connectivity index (χ1v) is 4.18. The van der Waals surface area contributed by atoms with Crippen LogP contribution in [0.4, 0.5) is 34.9 Å². The van der Waals surface area contributed by atoms with Crippen LogP contribution in [0.1, 0.15) is 0 Å². The van der Waals surface area contributed by atoms with Crippen molar-refractivity contribution in [3.05, 3.63) is 0 Å². The molecule has 0 aliphatic carbocycles. The van der Waals surface area contributed by atoms with E-state index in [-0.39, 0.29) is 18.9 Å². The van der Waals surface area contributed by atoms with Crippen LogP contribution in [-0.2, 0) is 9.09 Å². The molecule has 0 N–H and O–H groups in total. The Morgan fingerprint density at radius 1 is 0.938 bits per heavy atom. The molecule has 0 aliphatic heterocycles. The monoisotopic (exact) mass is 274 g/mol. The molecule has 3 nitrogen and oxygen atoms in total. The summed E-state index contributed by atoms with van der Waals surface area (Å²) in [5.74, 6) is -6.59. The Bertz CT molecular complexity index is 265. The third-order valence-corrected chi connectivity index (χ3v) is 1.43. The van der Waals surface area contributed by atoms with E-state index in [0.29, 0.717) is 0 Å². The first-order valence-electron chi connectivity index (χ1n) is 2.74. The number of halogens is 8. The van der Waals surface area contributed by atoms with Crippen molar-refractivity contribution >= 4 is 7.91 Å². The van der Waals surface area contributed by atoms with E-state index in [1.165, 1.54) is 0 Å². The van der Waals surface area contributed by atoms with Crippen LogP contribution in [-0.4, -0.2) is 18.2 Å². The van der Waals surface area contributed by atoms with Crippen molar-refractivity contribution in [2.24, 2.45) is 0 Å². The van der Waals surface area contributed by atoms with E-state index >= 15 is 0 Å². The third kappa shape index (κ3) is 4.22. The van der Waals surface area contributed by atoms with Crippen LogP contribution in [0.3, 0.4) is 0 Å².